The molecular formula is C19H18FNO4. The number of halogens is 1. The number of hydrogen-bond acceptors (Lipinski definition) is 4. The van der Waals surface area contributed by atoms with Crippen molar-refractivity contribution in [3.05, 3.63) is 65.0 Å². The van der Waals surface area contributed by atoms with Crippen LogP contribution in [0.2, 0.25) is 0 Å². The summed E-state index contributed by atoms with van der Waals surface area (Å²) >= 11 is 0. The second kappa shape index (κ2) is 7.70. The molecule has 0 radical (unpaired) electrons. The van der Waals surface area contributed by atoms with E-state index in [-0.39, 0.29) is 11.5 Å². The molecule has 0 saturated heterocycles. The summed E-state index contributed by atoms with van der Waals surface area (Å²) in [7, 11) is 0. The van der Waals surface area contributed by atoms with Crippen molar-refractivity contribution in [1.29, 1.82) is 0 Å². The smallest absolute Gasteiger partial charge is 0.338 e. The highest BCUT2D eigenvalue weighted by Crippen LogP contribution is 2.15. The van der Waals surface area contributed by atoms with Crippen molar-refractivity contribution >= 4 is 23.3 Å². The summed E-state index contributed by atoms with van der Waals surface area (Å²) in [6.45, 7) is 4.42. The second-order valence-electron chi connectivity index (χ2n) is 5.63. The van der Waals surface area contributed by atoms with Gasteiger partial charge in [0.2, 0.25) is 11.7 Å². The summed E-state index contributed by atoms with van der Waals surface area (Å²) in [6, 6.07) is 10.2. The third-order valence-electron chi connectivity index (χ3n) is 3.55. The second-order valence-corrected chi connectivity index (χ2v) is 5.63. The van der Waals surface area contributed by atoms with Crippen molar-refractivity contribution in [2.45, 2.75) is 26.9 Å². The number of ether oxygens (including phenoxy) is 1. The standard InChI is InChI=1S/C19H18FNO4/c1-11-4-5-15(10-17(11)20)19(24)25-12(2)18(23)14-6-8-16(9-7-14)21-13(3)22/h4-10,12H,1-3H3,(H,21,22)/t12-/m0/s1. The number of aryl methyl sites for hydroxylation is 1. The summed E-state index contributed by atoms with van der Waals surface area (Å²) in [5.41, 5.74) is 1.36. The molecule has 2 rings (SSSR count). The summed E-state index contributed by atoms with van der Waals surface area (Å²) in [6.07, 6.45) is -1.02. The van der Waals surface area contributed by atoms with E-state index in [1.807, 2.05) is 0 Å². The Kier molecular flexibility index (Phi) is 5.64. The van der Waals surface area contributed by atoms with Crippen LogP contribution in [-0.4, -0.2) is 23.8 Å². The van der Waals surface area contributed by atoms with Crippen molar-refractivity contribution in [3.8, 4) is 0 Å². The maximum Gasteiger partial charge on any atom is 0.338 e. The highest BCUT2D eigenvalue weighted by molar-refractivity contribution is 6.01. The molecule has 6 heteroatoms. The minimum Gasteiger partial charge on any atom is -0.451 e. The number of anilines is 1. The molecule has 0 bridgehead atoms. The van der Waals surface area contributed by atoms with Crippen LogP contribution in [0.4, 0.5) is 10.1 Å². The first-order chi connectivity index (χ1) is 11.8. The fourth-order valence-corrected chi connectivity index (χ4v) is 2.16. The van der Waals surface area contributed by atoms with Crippen LogP contribution in [0, 0.1) is 12.7 Å². The van der Waals surface area contributed by atoms with Crippen LogP contribution >= 0.6 is 0 Å². The fourth-order valence-electron chi connectivity index (χ4n) is 2.16. The van der Waals surface area contributed by atoms with Crippen molar-refractivity contribution in [1.82, 2.24) is 0 Å². The third kappa shape index (κ3) is 4.73. The van der Waals surface area contributed by atoms with Crippen LogP contribution in [0.25, 0.3) is 0 Å². The van der Waals surface area contributed by atoms with Gasteiger partial charge in [-0.05, 0) is 55.8 Å². The van der Waals surface area contributed by atoms with Gasteiger partial charge in [-0.25, -0.2) is 9.18 Å². The molecule has 0 heterocycles. The average Bonchev–Trinajstić information content (AvgIpc) is 2.56. The Hall–Kier alpha value is -3.02. The lowest BCUT2D eigenvalue weighted by atomic mass is 10.1. The predicted molar refractivity (Wildman–Crippen MR) is 91.1 cm³/mol. The lowest BCUT2D eigenvalue weighted by Crippen LogP contribution is -2.24. The van der Waals surface area contributed by atoms with E-state index in [2.05, 4.69) is 5.32 Å². The van der Waals surface area contributed by atoms with E-state index in [0.29, 0.717) is 16.8 Å². The summed E-state index contributed by atoms with van der Waals surface area (Å²) in [4.78, 5) is 35.3. The van der Waals surface area contributed by atoms with Crippen LogP contribution in [0.3, 0.4) is 0 Å². The molecule has 0 aliphatic heterocycles. The Morgan fingerprint density at radius 1 is 1.04 bits per heavy atom. The van der Waals surface area contributed by atoms with Crippen molar-refractivity contribution in [3.63, 3.8) is 0 Å². The molecule has 25 heavy (non-hydrogen) atoms. The Labute approximate surface area is 144 Å². The third-order valence-corrected chi connectivity index (χ3v) is 3.55. The van der Waals surface area contributed by atoms with Crippen LogP contribution in [-0.2, 0) is 9.53 Å². The molecule has 1 amide bonds. The number of benzene rings is 2. The lowest BCUT2D eigenvalue weighted by molar-refractivity contribution is -0.114. The van der Waals surface area contributed by atoms with E-state index in [1.165, 1.54) is 38.1 Å². The van der Waals surface area contributed by atoms with Gasteiger partial charge in [-0.1, -0.05) is 6.07 Å². The Morgan fingerprint density at radius 3 is 2.20 bits per heavy atom. The molecule has 0 unspecified atom stereocenters. The number of rotatable bonds is 5. The molecule has 2 aromatic carbocycles. The molecule has 1 N–H and O–H groups in total. The van der Waals surface area contributed by atoms with Gasteiger partial charge in [0, 0.05) is 18.2 Å². The largest absolute Gasteiger partial charge is 0.451 e. The van der Waals surface area contributed by atoms with Gasteiger partial charge < -0.3 is 10.1 Å². The topological polar surface area (TPSA) is 72.5 Å². The van der Waals surface area contributed by atoms with Gasteiger partial charge >= 0.3 is 5.97 Å². The molecule has 0 spiro atoms. The highest BCUT2D eigenvalue weighted by Gasteiger charge is 2.21. The molecule has 0 aliphatic rings. The number of esters is 1. The molecular weight excluding hydrogens is 325 g/mol. The zero-order valence-corrected chi connectivity index (χ0v) is 14.1. The minimum atomic E-state index is -1.02. The van der Waals surface area contributed by atoms with Gasteiger partial charge in [-0.15, -0.1) is 0 Å². The molecule has 0 saturated carbocycles. The first-order valence-corrected chi connectivity index (χ1v) is 7.67. The summed E-state index contributed by atoms with van der Waals surface area (Å²) in [5, 5.41) is 2.59. The molecule has 0 aliphatic carbocycles. The molecule has 5 nitrogen and oxygen atoms in total. The van der Waals surface area contributed by atoms with Gasteiger partial charge in [0.05, 0.1) is 5.56 Å². The Balaban J connectivity index is 2.05. The number of carbonyl (C=O) groups excluding carboxylic acids is 3. The van der Waals surface area contributed by atoms with Gasteiger partial charge in [-0.2, -0.15) is 0 Å². The van der Waals surface area contributed by atoms with Gasteiger partial charge in [0.1, 0.15) is 5.82 Å². The maximum atomic E-state index is 13.5. The lowest BCUT2D eigenvalue weighted by Gasteiger charge is -2.13. The number of carbonyl (C=O) groups is 3. The number of amides is 1. The molecule has 2 aromatic rings. The fraction of sp³-hybridized carbons (Fsp3) is 0.211. The summed E-state index contributed by atoms with van der Waals surface area (Å²) < 4.78 is 18.6. The zero-order chi connectivity index (χ0) is 18.6. The molecule has 0 aromatic heterocycles. The van der Waals surface area contributed by atoms with Crippen LogP contribution in [0.1, 0.15) is 40.1 Å². The monoisotopic (exact) mass is 343 g/mol. The minimum absolute atomic E-state index is 0.0451. The first-order valence-electron chi connectivity index (χ1n) is 7.67. The molecule has 1 atom stereocenters. The molecule has 130 valence electrons. The highest BCUT2D eigenvalue weighted by atomic mass is 19.1. The Morgan fingerprint density at radius 2 is 1.64 bits per heavy atom. The van der Waals surface area contributed by atoms with E-state index >= 15 is 0 Å². The maximum absolute atomic E-state index is 13.5. The first kappa shape index (κ1) is 18.3. The number of nitrogens with one attached hydrogen (secondary N) is 1. The van der Waals surface area contributed by atoms with Crippen LogP contribution < -0.4 is 5.32 Å². The normalized spacial score (nSPS) is 11.5. The van der Waals surface area contributed by atoms with Crippen LogP contribution in [0.5, 0.6) is 0 Å². The summed E-state index contributed by atoms with van der Waals surface area (Å²) in [5.74, 6) is -1.89. The van der Waals surface area contributed by atoms with E-state index in [9.17, 15) is 18.8 Å². The van der Waals surface area contributed by atoms with E-state index in [1.54, 1.807) is 19.1 Å². The van der Waals surface area contributed by atoms with Gasteiger partial charge in [0.15, 0.2) is 6.10 Å². The Bertz CT molecular complexity index is 815. The zero-order valence-electron chi connectivity index (χ0n) is 14.1. The SMILES string of the molecule is CC(=O)Nc1ccc(C(=O)[C@H](C)OC(=O)c2ccc(C)c(F)c2)cc1. The molecule has 0 fully saturated rings. The van der Waals surface area contributed by atoms with Gasteiger partial charge in [0.25, 0.3) is 0 Å². The van der Waals surface area contributed by atoms with E-state index < -0.39 is 23.7 Å². The van der Waals surface area contributed by atoms with Crippen molar-refractivity contribution < 1.29 is 23.5 Å². The number of hydrogen-bond donors (Lipinski definition) is 1. The number of ketones is 1. The van der Waals surface area contributed by atoms with Crippen LogP contribution in [0.15, 0.2) is 42.5 Å². The van der Waals surface area contributed by atoms with Gasteiger partial charge in [-0.3, -0.25) is 9.59 Å². The van der Waals surface area contributed by atoms with E-state index in [4.69, 9.17) is 4.74 Å². The van der Waals surface area contributed by atoms with Crippen molar-refractivity contribution in [2.75, 3.05) is 5.32 Å². The number of Topliss-reactive ketones (excluding diaryl/α,β-unsaturated/α-hetero) is 1. The van der Waals surface area contributed by atoms with E-state index in [0.717, 1.165) is 6.07 Å². The van der Waals surface area contributed by atoms with Crippen molar-refractivity contribution in [2.24, 2.45) is 0 Å². The average molecular weight is 343 g/mol. The predicted octanol–water partition coefficient (Wildman–Crippen LogP) is 3.52. The quantitative estimate of drug-likeness (QED) is 0.666.